The number of piperazine rings is 1. The van der Waals surface area contributed by atoms with E-state index in [4.69, 9.17) is 14.2 Å². The molecule has 1 fully saturated rings. The lowest BCUT2D eigenvalue weighted by Crippen LogP contribution is -2.53. The van der Waals surface area contributed by atoms with E-state index >= 15 is 0 Å². The zero-order valence-corrected chi connectivity index (χ0v) is 22.3. The van der Waals surface area contributed by atoms with E-state index in [0.717, 1.165) is 48.1 Å². The predicted octanol–water partition coefficient (Wildman–Crippen LogP) is 3.17. The van der Waals surface area contributed by atoms with Gasteiger partial charge in [-0.3, -0.25) is 14.5 Å². The van der Waals surface area contributed by atoms with Crippen LogP contribution in [0.4, 0.5) is 5.69 Å². The molecule has 2 aromatic carbocycles. The highest BCUT2D eigenvalue weighted by atomic mass is 32.1. The van der Waals surface area contributed by atoms with Crippen molar-refractivity contribution in [3.8, 4) is 17.2 Å². The van der Waals surface area contributed by atoms with Gasteiger partial charge in [0.25, 0.3) is 0 Å². The van der Waals surface area contributed by atoms with Crippen molar-refractivity contribution in [2.24, 2.45) is 0 Å². The number of ether oxygens (including phenoxy) is 3. The number of nitrogens with zero attached hydrogens (tertiary/aromatic N) is 2. The van der Waals surface area contributed by atoms with Crippen LogP contribution in [0.3, 0.4) is 0 Å². The van der Waals surface area contributed by atoms with Crippen LogP contribution in [0.1, 0.15) is 23.4 Å². The molecule has 9 nitrogen and oxygen atoms in total. The van der Waals surface area contributed by atoms with Crippen molar-refractivity contribution in [1.82, 2.24) is 15.5 Å². The first-order valence-corrected chi connectivity index (χ1v) is 13.5. The van der Waals surface area contributed by atoms with Gasteiger partial charge in [0.1, 0.15) is 5.75 Å². The first kappa shape index (κ1) is 25.9. The topological polar surface area (TPSA) is 92.4 Å². The van der Waals surface area contributed by atoms with Crippen molar-refractivity contribution in [2.45, 2.75) is 25.6 Å². The Morgan fingerprint density at radius 2 is 1.79 bits per heavy atom. The third-order valence-electron chi connectivity index (χ3n) is 6.90. The van der Waals surface area contributed by atoms with Gasteiger partial charge < -0.3 is 29.7 Å². The SMILES string of the molecule is COc1ccccc1N1CCN([C@@H](c2cccs2)[C@@H](C)NC(=O)C(=O)NCc2ccc3c(c2)OCO3)CC1. The zero-order valence-electron chi connectivity index (χ0n) is 21.5. The van der Waals surface area contributed by atoms with Gasteiger partial charge in [-0.2, -0.15) is 0 Å². The van der Waals surface area contributed by atoms with E-state index in [1.165, 1.54) is 0 Å². The van der Waals surface area contributed by atoms with Crippen LogP contribution in [0, 0.1) is 0 Å². The number of fused-ring (bicyclic) bond motifs is 1. The second-order valence-electron chi connectivity index (χ2n) is 9.29. The van der Waals surface area contributed by atoms with Gasteiger partial charge in [0, 0.05) is 43.6 Å². The number of methoxy groups -OCH3 is 1. The Morgan fingerprint density at radius 1 is 1.00 bits per heavy atom. The van der Waals surface area contributed by atoms with Gasteiger partial charge in [-0.05, 0) is 48.2 Å². The minimum atomic E-state index is -0.666. The molecular formula is C28H32N4O5S. The Balaban J connectivity index is 1.19. The Bertz CT molecular complexity index is 1260. The highest BCUT2D eigenvalue weighted by Crippen LogP contribution is 2.33. The lowest BCUT2D eigenvalue weighted by Gasteiger charge is -2.42. The summed E-state index contributed by atoms with van der Waals surface area (Å²) in [6.45, 7) is 5.66. The Morgan fingerprint density at radius 3 is 2.55 bits per heavy atom. The maximum Gasteiger partial charge on any atom is 0.309 e. The second kappa shape index (κ2) is 11.7. The molecule has 1 saturated heterocycles. The van der Waals surface area contributed by atoms with Crippen LogP contribution in [-0.4, -0.2) is 62.8 Å². The molecule has 10 heteroatoms. The van der Waals surface area contributed by atoms with Crippen molar-refractivity contribution in [3.63, 3.8) is 0 Å². The number of rotatable bonds is 8. The van der Waals surface area contributed by atoms with E-state index in [1.54, 1.807) is 30.6 Å². The second-order valence-corrected chi connectivity index (χ2v) is 10.3. The summed E-state index contributed by atoms with van der Waals surface area (Å²) in [5.41, 5.74) is 1.91. The van der Waals surface area contributed by atoms with Crippen molar-refractivity contribution in [3.05, 3.63) is 70.4 Å². The van der Waals surface area contributed by atoms with Gasteiger partial charge in [-0.15, -0.1) is 11.3 Å². The number of anilines is 1. The molecule has 5 rings (SSSR count). The van der Waals surface area contributed by atoms with E-state index in [1.807, 2.05) is 42.6 Å². The molecule has 1 aromatic heterocycles. The number of para-hydroxylation sites is 2. The Labute approximate surface area is 226 Å². The van der Waals surface area contributed by atoms with E-state index in [2.05, 4.69) is 32.6 Å². The van der Waals surface area contributed by atoms with Crippen molar-refractivity contribution < 1.29 is 23.8 Å². The Hall–Kier alpha value is -3.76. The quantitative estimate of drug-likeness (QED) is 0.428. The maximum atomic E-state index is 12.8. The molecule has 0 unspecified atom stereocenters. The largest absolute Gasteiger partial charge is 0.495 e. The van der Waals surface area contributed by atoms with Crippen LogP contribution in [0.25, 0.3) is 0 Å². The molecule has 2 aliphatic rings. The molecule has 2 atom stereocenters. The summed E-state index contributed by atoms with van der Waals surface area (Å²) in [6, 6.07) is 17.3. The molecule has 2 amide bonds. The summed E-state index contributed by atoms with van der Waals surface area (Å²) < 4.78 is 16.3. The van der Waals surface area contributed by atoms with E-state index in [-0.39, 0.29) is 25.4 Å². The van der Waals surface area contributed by atoms with Gasteiger partial charge >= 0.3 is 11.8 Å². The average molecular weight is 537 g/mol. The van der Waals surface area contributed by atoms with Crippen LogP contribution >= 0.6 is 11.3 Å². The molecule has 0 aliphatic carbocycles. The molecule has 38 heavy (non-hydrogen) atoms. The summed E-state index contributed by atoms with van der Waals surface area (Å²) in [6.07, 6.45) is 0. The molecule has 200 valence electrons. The van der Waals surface area contributed by atoms with Gasteiger partial charge in [0.2, 0.25) is 6.79 Å². The standard InChI is InChI=1S/C28H32N4O5S/c1-19(30-28(34)27(33)29-17-20-9-10-23-24(16-20)37-18-36-23)26(25-8-5-15-38-25)32-13-11-31(12-14-32)21-6-3-4-7-22(21)35-2/h3-10,15-16,19,26H,11-14,17-18H2,1-2H3,(H,29,33)(H,30,34)/t19-,26-/m1/s1. The summed E-state index contributed by atoms with van der Waals surface area (Å²) in [7, 11) is 1.69. The fraction of sp³-hybridized carbons (Fsp3) is 0.357. The fourth-order valence-electron chi connectivity index (χ4n) is 5.00. The molecule has 3 heterocycles. The summed E-state index contributed by atoms with van der Waals surface area (Å²) in [5, 5.41) is 7.69. The zero-order chi connectivity index (χ0) is 26.5. The molecule has 2 aliphatic heterocycles. The molecule has 0 saturated carbocycles. The van der Waals surface area contributed by atoms with E-state index in [9.17, 15) is 9.59 Å². The molecular weight excluding hydrogens is 504 g/mol. The normalized spacial score (nSPS) is 16.5. The number of hydrogen-bond acceptors (Lipinski definition) is 8. The van der Waals surface area contributed by atoms with Crippen LogP contribution in [0.15, 0.2) is 60.0 Å². The first-order valence-electron chi connectivity index (χ1n) is 12.7. The number of hydrogen-bond donors (Lipinski definition) is 2. The average Bonchev–Trinajstić information content (AvgIpc) is 3.64. The van der Waals surface area contributed by atoms with Gasteiger partial charge in [0.15, 0.2) is 11.5 Å². The highest BCUT2D eigenvalue weighted by molar-refractivity contribution is 7.10. The number of nitrogens with one attached hydrogen (secondary N) is 2. The molecule has 0 bridgehead atoms. The first-order chi connectivity index (χ1) is 18.5. The predicted molar refractivity (Wildman–Crippen MR) is 146 cm³/mol. The number of carbonyl (C=O) groups is 2. The van der Waals surface area contributed by atoms with E-state index < -0.39 is 11.8 Å². The van der Waals surface area contributed by atoms with Gasteiger partial charge in [-0.25, -0.2) is 0 Å². The van der Waals surface area contributed by atoms with Crippen LogP contribution in [-0.2, 0) is 16.1 Å². The van der Waals surface area contributed by atoms with Crippen LogP contribution < -0.4 is 29.7 Å². The molecule has 0 radical (unpaired) electrons. The van der Waals surface area contributed by atoms with Gasteiger partial charge in [0.05, 0.1) is 18.8 Å². The summed E-state index contributed by atoms with van der Waals surface area (Å²) in [5.74, 6) is 0.866. The van der Waals surface area contributed by atoms with Crippen molar-refractivity contribution in [2.75, 3.05) is 45.0 Å². The number of amides is 2. The molecule has 2 N–H and O–H groups in total. The highest BCUT2D eigenvalue weighted by Gasteiger charge is 2.32. The van der Waals surface area contributed by atoms with Crippen LogP contribution in [0.2, 0.25) is 0 Å². The lowest BCUT2D eigenvalue weighted by atomic mass is 10.0. The molecule has 3 aromatic rings. The fourth-order valence-corrected chi connectivity index (χ4v) is 5.96. The lowest BCUT2D eigenvalue weighted by molar-refractivity contribution is -0.140. The van der Waals surface area contributed by atoms with Crippen molar-refractivity contribution >= 4 is 28.8 Å². The van der Waals surface area contributed by atoms with Gasteiger partial charge in [-0.1, -0.05) is 24.3 Å². The van der Waals surface area contributed by atoms with Crippen LogP contribution in [0.5, 0.6) is 17.2 Å². The van der Waals surface area contributed by atoms with E-state index in [0.29, 0.717) is 11.5 Å². The summed E-state index contributed by atoms with van der Waals surface area (Å²) >= 11 is 1.66. The monoisotopic (exact) mass is 536 g/mol. The summed E-state index contributed by atoms with van der Waals surface area (Å²) in [4.78, 5) is 31.3. The molecule has 0 spiro atoms. The maximum absolute atomic E-state index is 12.8. The minimum absolute atomic E-state index is 0.0413. The number of thiophene rings is 1. The minimum Gasteiger partial charge on any atom is -0.495 e. The third-order valence-corrected chi connectivity index (χ3v) is 7.84. The smallest absolute Gasteiger partial charge is 0.309 e. The number of benzene rings is 2. The van der Waals surface area contributed by atoms with Crippen molar-refractivity contribution in [1.29, 1.82) is 0 Å². The Kier molecular flexibility index (Phi) is 8.00. The third kappa shape index (κ3) is 5.71. The number of carbonyl (C=O) groups excluding carboxylic acids is 2.